The summed E-state index contributed by atoms with van der Waals surface area (Å²) < 4.78 is 0. The lowest BCUT2D eigenvalue weighted by Gasteiger charge is -2.20. The van der Waals surface area contributed by atoms with E-state index in [0.29, 0.717) is 13.1 Å². The van der Waals surface area contributed by atoms with Crippen molar-refractivity contribution in [3.05, 3.63) is 23.8 Å². The molecule has 0 aliphatic heterocycles. The summed E-state index contributed by atoms with van der Waals surface area (Å²) in [6.07, 6.45) is 0.892. The molecule has 0 spiro atoms. The highest BCUT2D eigenvalue weighted by Crippen LogP contribution is 2.25. The number of nitrogens with zero attached hydrogens (tertiary/aromatic N) is 1. The van der Waals surface area contributed by atoms with Crippen LogP contribution >= 0.6 is 0 Å². The first-order chi connectivity index (χ1) is 7.61. The Labute approximate surface area is 95.7 Å². The van der Waals surface area contributed by atoms with Gasteiger partial charge in [0.1, 0.15) is 0 Å². The maximum atomic E-state index is 12.0. The molecule has 4 nitrogen and oxygen atoms in total. The highest BCUT2D eigenvalue weighted by atomic mass is 16.3. The first-order valence-electron chi connectivity index (χ1n) is 5.48. The second-order valence-electron chi connectivity index (χ2n) is 3.63. The zero-order valence-corrected chi connectivity index (χ0v) is 9.73. The molecule has 1 aromatic carbocycles. The number of nitrogen functional groups attached to an aromatic ring is 1. The normalized spacial score (nSPS) is 10.1. The minimum absolute atomic E-state index is 0.123. The first kappa shape index (κ1) is 12.4. The molecule has 0 radical (unpaired) electrons. The van der Waals surface area contributed by atoms with E-state index in [4.69, 9.17) is 5.73 Å². The van der Waals surface area contributed by atoms with Crippen LogP contribution in [0.2, 0.25) is 0 Å². The standard InChI is InChI=1S/C12H18N2O2/c1-3-8-14(4-2)12(16)9-6-5-7-10(13)11(9)15/h5-7,15H,3-4,8,13H2,1-2H3. The van der Waals surface area contributed by atoms with E-state index in [9.17, 15) is 9.90 Å². The molecule has 0 heterocycles. The van der Waals surface area contributed by atoms with Crippen LogP contribution in [-0.4, -0.2) is 29.0 Å². The summed E-state index contributed by atoms with van der Waals surface area (Å²) in [5.74, 6) is -0.295. The van der Waals surface area contributed by atoms with Gasteiger partial charge in [-0.05, 0) is 25.5 Å². The number of nitrogens with two attached hydrogens (primary N) is 1. The Kier molecular flexibility index (Phi) is 4.17. The molecule has 1 rings (SSSR count). The number of hydrogen-bond acceptors (Lipinski definition) is 3. The predicted molar refractivity (Wildman–Crippen MR) is 64.4 cm³/mol. The molecule has 1 aromatic rings. The number of rotatable bonds is 4. The van der Waals surface area contributed by atoms with Gasteiger partial charge in [-0.2, -0.15) is 0 Å². The predicted octanol–water partition coefficient (Wildman–Crippen LogP) is 1.85. The number of carbonyl (C=O) groups is 1. The Morgan fingerprint density at radius 1 is 1.44 bits per heavy atom. The second kappa shape index (κ2) is 5.39. The molecule has 0 saturated carbocycles. The Bertz CT molecular complexity index is 377. The number of para-hydroxylation sites is 1. The smallest absolute Gasteiger partial charge is 0.257 e. The van der Waals surface area contributed by atoms with E-state index in [0.717, 1.165) is 6.42 Å². The van der Waals surface area contributed by atoms with Gasteiger partial charge in [-0.1, -0.05) is 13.0 Å². The number of phenols is 1. The number of hydrogen-bond donors (Lipinski definition) is 2. The minimum Gasteiger partial charge on any atom is -0.505 e. The van der Waals surface area contributed by atoms with Crippen LogP contribution in [0.5, 0.6) is 5.75 Å². The van der Waals surface area contributed by atoms with Crippen molar-refractivity contribution >= 4 is 11.6 Å². The highest BCUT2D eigenvalue weighted by Gasteiger charge is 2.17. The summed E-state index contributed by atoms with van der Waals surface area (Å²) >= 11 is 0. The van der Waals surface area contributed by atoms with E-state index in [2.05, 4.69) is 0 Å². The fourth-order valence-corrected chi connectivity index (χ4v) is 1.58. The monoisotopic (exact) mass is 222 g/mol. The summed E-state index contributed by atoms with van der Waals surface area (Å²) in [5.41, 5.74) is 6.06. The van der Waals surface area contributed by atoms with Crippen molar-refractivity contribution in [3.8, 4) is 5.75 Å². The average molecular weight is 222 g/mol. The fourth-order valence-electron chi connectivity index (χ4n) is 1.58. The number of carbonyl (C=O) groups excluding carboxylic acids is 1. The topological polar surface area (TPSA) is 66.6 Å². The highest BCUT2D eigenvalue weighted by molar-refractivity contribution is 5.98. The Balaban J connectivity index is 2.99. The molecule has 16 heavy (non-hydrogen) atoms. The van der Waals surface area contributed by atoms with Crippen molar-refractivity contribution < 1.29 is 9.90 Å². The van der Waals surface area contributed by atoms with Gasteiger partial charge in [0.25, 0.3) is 5.91 Å². The van der Waals surface area contributed by atoms with E-state index in [1.54, 1.807) is 23.1 Å². The van der Waals surface area contributed by atoms with Gasteiger partial charge in [-0.3, -0.25) is 4.79 Å². The van der Waals surface area contributed by atoms with Crippen LogP contribution in [0.25, 0.3) is 0 Å². The van der Waals surface area contributed by atoms with Crippen molar-refractivity contribution in [2.24, 2.45) is 0 Å². The van der Waals surface area contributed by atoms with Gasteiger partial charge in [-0.15, -0.1) is 0 Å². The molecular weight excluding hydrogens is 204 g/mol. The van der Waals surface area contributed by atoms with Gasteiger partial charge < -0.3 is 15.7 Å². The summed E-state index contributed by atoms with van der Waals surface area (Å²) in [4.78, 5) is 13.7. The quantitative estimate of drug-likeness (QED) is 0.603. The molecule has 0 aliphatic rings. The minimum atomic E-state index is -0.172. The Morgan fingerprint density at radius 2 is 2.12 bits per heavy atom. The molecule has 0 aromatic heterocycles. The van der Waals surface area contributed by atoms with Gasteiger partial charge in [0, 0.05) is 13.1 Å². The third-order valence-corrected chi connectivity index (χ3v) is 2.46. The molecular formula is C12H18N2O2. The van der Waals surface area contributed by atoms with E-state index < -0.39 is 0 Å². The summed E-state index contributed by atoms with van der Waals surface area (Å²) in [6.45, 7) is 5.23. The molecule has 1 amide bonds. The van der Waals surface area contributed by atoms with Crippen LogP contribution in [-0.2, 0) is 0 Å². The zero-order valence-electron chi connectivity index (χ0n) is 9.73. The van der Waals surface area contributed by atoms with Crippen LogP contribution < -0.4 is 5.73 Å². The second-order valence-corrected chi connectivity index (χ2v) is 3.63. The van der Waals surface area contributed by atoms with Crippen molar-refractivity contribution in [1.82, 2.24) is 4.90 Å². The van der Waals surface area contributed by atoms with Gasteiger partial charge >= 0.3 is 0 Å². The molecule has 0 saturated heterocycles. The van der Waals surface area contributed by atoms with Crippen molar-refractivity contribution in [1.29, 1.82) is 0 Å². The van der Waals surface area contributed by atoms with Crippen molar-refractivity contribution in [3.63, 3.8) is 0 Å². The number of amides is 1. The molecule has 0 bridgehead atoms. The molecule has 0 aliphatic carbocycles. The first-order valence-corrected chi connectivity index (χ1v) is 5.48. The van der Waals surface area contributed by atoms with Crippen LogP contribution in [0.3, 0.4) is 0 Å². The lowest BCUT2D eigenvalue weighted by molar-refractivity contribution is 0.0761. The lowest BCUT2D eigenvalue weighted by atomic mass is 10.1. The van der Waals surface area contributed by atoms with Crippen molar-refractivity contribution in [2.75, 3.05) is 18.8 Å². The molecule has 0 fully saturated rings. The van der Waals surface area contributed by atoms with Gasteiger partial charge in [0.05, 0.1) is 11.3 Å². The third kappa shape index (κ3) is 2.45. The summed E-state index contributed by atoms with van der Waals surface area (Å²) in [6, 6.07) is 4.83. The van der Waals surface area contributed by atoms with Crippen LogP contribution in [0.15, 0.2) is 18.2 Å². The van der Waals surface area contributed by atoms with E-state index >= 15 is 0 Å². The molecule has 3 N–H and O–H groups in total. The Morgan fingerprint density at radius 3 is 2.69 bits per heavy atom. The largest absolute Gasteiger partial charge is 0.505 e. The molecule has 88 valence electrons. The Hall–Kier alpha value is -1.71. The van der Waals surface area contributed by atoms with Crippen LogP contribution in [0.4, 0.5) is 5.69 Å². The van der Waals surface area contributed by atoms with Crippen LogP contribution in [0, 0.1) is 0 Å². The van der Waals surface area contributed by atoms with E-state index in [-0.39, 0.29) is 22.9 Å². The molecule has 0 atom stereocenters. The summed E-state index contributed by atoms with van der Waals surface area (Å²) in [5, 5.41) is 9.71. The van der Waals surface area contributed by atoms with Gasteiger partial charge in [-0.25, -0.2) is 0 Å². The SMILES string of the molecule is CCCN(CC)C(=O)c1cccc(N)c1O. The van der Waals surface area contributed by atoms with E-state index in [1.165, 1.54) is 0 Å². The number of aromatic hydroxyl groups is 1. The van der Waals surface area contributed by atoms with E-state index in [1.807, 2.05) is 13.8 Å². The molecule has 0 unspecified atom stereocenters. The summed E-state index contributed by atoms with van der Waals surface area (Å²) in [7, 11) is 0. The average Bonchev–Trinajstić information content (AvgIpc) is 2.29. The number of anilines is 1. The maximum absolute atomic E-state index is 12.0. The third-order valence-electron chi connectivity index (χ3n) is 2.46. The molecule has 4 heteroatoms. The van der Waals surface area contributed by atoms with Crippen LogP contribution in [0.1, 0.15) is 30.6 Å². The number of phenolic OH excluding ortho intramolecular Hbond substituents is 1. The maximum Gasteiger partial charge on any atom is 0.257 e. The zero-order chi connectivity index (χ0) is 12.1. The van der Waals surface area contributed by atoms with Gasteiger partial charge in [0.15, 0.2) is 5.75 Å². The lowest BCUT2D eigenvalue weighted by Crippen LogP contribution is -2.31. The van der Waals surface area contributed by atoms with Gasteiger partial charge in [0.2, 0.25) is 0 Å². The number of benzene rings is 1. The van der Waals surface area contributed by atoms with Crippen molar-refractivity contribution in [2.45, 2.75) is 20.3 Å². The fraction of sp³-hybridized carbons (Fsp3) is 0.417.